The molecule has 2 fully saturated rings. The van der Waals surface area contributed by atoms with Gasteiger partial charge in [-0.1, -0.05) is 0 Å². The van der Waals surface area contributed by atoms with Gasteiger partial charge in [0.15, 0.2) is 5.82 Å². The zero-order valence-electron chi connectivity index (χ0n) is 18.8. The van der Waals surface area contributed by atoms with Crippen LogP contribution in [0.3, 0.4) is 0 Å². The van der Waals surface area contributed by atoms with Gasteiger partial charge in [-0.3, -0.25) is 5.10 Å². The van der Waals surface area contributed by atoms with Crippen LogP contribution in [-0.2, 0) is 4.74 Å². The third-order valence-corrected chi connectivity index (χ3v) is 6.75. The van der Waals surface area contributed by atoms with E-state index in [1.54, 1.807) is 11.3 Å². The van der Waals surface area contributed by atoms with Crippen LogP contribution in [0.2, 0.25) is 0 Å². The molecule has 5 heterocycles. The molecule has 1 amide bonds. The average Bonchev–Trinajstić information content (AvgIpc) is 3.39. The van der Waals surface area contributed by atoms with Crippen LogP contribution in [0.4, 0.5) is 22.4 Å². The van der Waals surface area contributed by atoms with Crippen molar-refractivity contribution in [2.75, 3.05) is 10.6 Å². The minimum absolute atomic E-state index is 0.191. The van der Waals surface area contributed by atoms with Crippen LogP contribution < -0.4 is 10.6 Å². The molecule has 170 valence electrons. The van der Waals surface area contributed by atoms with Crippen LogP contribution >= 0.6 is 11.3 Å². The van der Waals surface area contributed by atoms with Crippen LogP contribution in [0.1, 0.15) is 52.1 Å². The topological polar surface area (TPSA) is 108 Å². The quantitative estimate of drug-likeness (QED) is 0.518. The number of nitrogens with zero attached hydrogens (tertiary/aromatic N) is 4. The number of carbonyl (C=O) groups excluding carboxylic acids is 1. The number of aryl methyl sites for hydroxylation is 1. The Balaban J connectivity index is 1.32. The van der Waals surface area contributed by atoms with Crippen LogP contribution in [0, 0.1) is 6.92 Å². The molecule has 5 rings (SSSR count). The van der Waals surface area contributed by atoms with E-state index in [1.165, 1.54) is 0 Å². The van der Waals surface area contributed by atoms with Gasteiger partial charge in [-0.2, -0.15) is 10.1 Å². The van der Waals surface area contributed by atoms with E-state index in [0.717, 1.165) is 53.2 Å². The molecular formula is C22H29N7O2S. The number of hydrogen-bond acceptors (Lipinski definition) is 8. The number of anilines is 3. The molecular weight excluding hydrogens is 426 g/mol. The van der Waals surface area contributed by atoms with E-state index < -0.39 is 5.60 Å². The molecule has 3 atom stereocenters. The first-order valence-corrected chi connectivity index (χ1v) is 12.0. The molecule has 2 aliphatic heterocycles. The third kappa shape index (κ3) is 4.23. The summed E-state index contributed by atoms with van der Waals surface area (Å²) in [4.78, 5) is 25.1. The molecule has 10 heteroatoms. The van der Waals surface area contributed by atoms with Crippen molar-refractivity contribution in [2.24, 2.45) is 0 Å². The van der Waals surface area contributed by atoms with Gasteiger partial charge >= 0.3 is 6.09 Å². The molecule has 32 heavy (non-hydrogen) atoms. The molecule has 2 bridgehead atoms. The lowest BCUT2D eigenvalue weighted by atomic mass is 9.98. The SMILES string of the molecule is Cc1cc(Nc2nc(NC3C[C@H]4CC[C@@H](C3)N4C(=O)OC(C)(C)C)nc3sccc23)n[nH]1. The van der Waals surface area contributed by atoms with Gasteiger partial charge < -0.3 is 20.3 Å². The van der Waals surface area contributed by atoms with Crippen molar-refractivity contribution in [1.82, 2.24) is 25.1 Å². The maximum atomic E-state index is 12.7. The smallest absolute Gasteiger partial charge is 0.410 e. The van der Waals surface area contributed by atoms with E-state index in [0.29, 0.717) is 5.95 Å². The zero-order valence-corrected chi connectivity index (χ0v) is 19.6. The Bertz CT molecular complexity index is 1120. The lowest BCUT2D eigenvalue weighted by Crippen LogP contribution is -2.51. The number of fused-ring (bicyclic) bond motifs is 3. The van der Waals surface area contributed by atoms with Gasteiger partial charge in [-0.25, -0.2) is 9.78 Å². The highest BCUT2D eigenvalue weighted by atomic mass is 32.1. The summed E-state index contributed by atoms with van der Waals surface area (Å²) in [6.45, 7) is 7.70. The number of rotatable bonds is 4. The summed E-state index contributed by atoms with van der Waals surface area (Å²) in [7, 11) is 0. The van der Waals surface area contributed by atoms with Crippen molar-refractivity contribution in [3.8, 4) is 0 Å². The zero-order chi connectivity index (χ0) is 22.5. The fourth-order valence-electron chi connectivity index (χ4n) is 4.71. The molecule has 2 aliphatic rings. The largest absolute Gasteiger partial charge is 0.444 e. The Kier molecular flexibility index (Phi) is 5.19. The normalized spacial score (nSPS) is 22.9. The molecule has 0 aromatic carbocycles. The van der Waals surface area contributed by atoms with Crippen molar-refractivity contribution in [3.63, 3.8) is 0 Å². The molecule has 9 nitrogen and oxygen atoms in total. The van der Waals surface area contributed by atoms with Crippen LogP contribution in [0.15, 0.2) is 17.5 Å². The summed E-state index contributed by atoms with van der Waals surface area (Å²) in [6.07, 6.45) is 3.56. The number of aromatic amines is 1. The van der Waals surface area contributed by atoms with Crippen molar-refractivity contribution < 1.29 is 9.53 Å². The number of H-pyrrole nitrogens is 1. The third-order valence-electron chi connectivity index (χ3n) is 5.95. The number of hydrogen-bond donors (Lipinski definition) is 3. The van der Waals surface area contributed by atoms with E-state index in [9.17, 15) is 4.79 Å². The van der Waals surface area contributed by atoms with Crippen LogP contribution in [0.5, 0.6) is 0 Å². The van der Waals surface area contributed by atoms with E-state index in [4.69, 9.17) is 14.7 Å². The molecule has 3 N–H and O–H groups in total. The summed E-state index contributed by atoms with van der Waals surface area (Å²) in [5, 5.41) is 17.0. The van der Waals surface area contributed by atoms with Crippen molar-refractivity contribution in [1.29, 1.82) is 0 Å². The van der Waals surface area contributed by atoms with Crippen molar-refractivity contribution in [2.45, 2.75) is 77.1 Å². The van der Waals surface area contributed by atoms with Gasteiger partial charge in [0.1, 0.15) is 16.2 Å². The molecule has 0 saturated carbocycles. The summed E-state index contributed by atoms with van der Waals surface area (Å²) in [5.74, 6) is 2.06. The van der Waals surface area contributed by atoms with Crippen LogP contribution in [-0.4, -0.2) is 54.9 Å². The second kappa shape index (κ2) is 7.91. The lowest BCUT2D eigenvalue weighted by molar-refractivity contribution is 0.00682. The number of thiophene rings is 1. The van der Waals surface area contributed by atoms with Gasteiger partial charge in [-0.15, -0.1) is 11.3 Å². The van der Waals surface area contributed by atoms with Gasteiger partial charge in [0.2, 0.25) is 5.95 Å². The Labute approximate surface area is 191 Å². The molecule has 3 aromatic heterocycles. The highest BCUT2D eigenvalue weighted by Crippen LogP contribution is 2.38. The maximum Gasteiger partial charge on any atom is 0.410 e. The Morgan fingerprint density at radius 1 is 1.25 bits per heavy atom. The molecule has 2 saturated heterocycles. The van der Waals surface area contributed by atoms with Gasteiger partial charge in [0.05, 0.1) is 5.39 Å². The fourth-order valence-corrected chi connectivity index (χ4v) is 5.47. The minimum Gasteiger partial charge on any atom is -0.444 e. The highest BCUT2D eigenvalue weighted by Gasteiger charge is 2.45. The number of carbonyl (C=O) groups is 1. The van der Waals surface area contributed by atoms with Crippen molar-refractivity contribution in [3.05, 3.63) is 23.2 Å². The molecule has 3 aromatic rings. The first kappa shape index (κ1) is 21.0. The maximum absolute atomic E-state index is 12.7. The van der Waals surface area contributed by atoms with Crippen molar-refractivity contribution >= 4 is 45.2 Å². The first-order chi connectivity index (χ1) is 15.2. The Hall–Kier alpha value is -2.88. The van der Waals surface area contributed by atoms with Gasteiger partial charge in [0.25, 0.3) is 0 Å². The number of amides is 1. The predicted octanol–water partition coefficient (Wildman–Crippen LogP) is 4.81. The van der Waals surface area contributed by atoms with Gasteiger partial charge in [-0.05, 0) is 64.8 Å². The summed E-state index contributed by atoms with van der Waals surface area (Å²) in [6, 6.07) is 4.55. The molecule has 0 radical (unpaired) electrons. The lowest BCUT2D eigenvalue weighted by Gasteiger charge is -2.39. The summed E-state index contributed by atoms with van der Waals surface area (Å²) >= 11 is 1.59. The van der Waals surface area contributed by atoms with Gasteiger partial charge in [0, 0.05) is 29.9 Å². The van der Waals surface area contributed by atoms with Crippen LogP contribution in [0.25, 0.3) is 10.2 Å². The first-order valence-electron chi connectivity index (χ1n) is 11.1. The fraction of sp³-hybridized carbons (Fsp3) is 0.545. The number of aromatic nitrogens is 4. The summed E-state index contributed by atoms with van der Waals surface area (Å²) in [5.41, 5.74) is 0.500. The molecule has 1 unspecified atom stereocenters. The second-order valence-corrected chi connectivity index (χ2v) is 10.6. The van der Waals surface area contributed by atoms with E-state index in [1.807, 2.05) is 50.1 Å². The highest BCUT2D eigenvalue weighted by molar-refractivity contribution is 7.16. The minimum atomic E-state index is -0.480. The number of nitrogens with one attached hydrogen (secondary N) is 3. The second-order valence-electron chi connectivity index (χ2n) is 9.68. The average molecular weight is 456 g/mol. The predicted molar refractivity (Wildman–Crippen MR) is 126 cm³/mol. The van der Waals surface area contributed by atoms with E-state index >= 15 is 0 Å². The number of ether oxygens (including phenoxy) is 1. The Morgan fingerprint density at radius 2 is 2.00 bits per heavy atom. The monoisotopic (exact) mass is 455 g/mol. The molecule has 0 spiro atoms. The van der Waals surface area contributed by atoms with E-state index in [2.05, 4.69) is 20.8 Å². The summed E-state index contributed by atoms with van der Waals surface area (Å²) < 4.78 is 5.65. The molecule has 0 aliphatic carbocycles. The van der Waals surface area contributed by atoms with E-state index in [-0.39, 0.29) is 24.2 Å². The standard InChI is InChI=1S/C22H29N7O2S/c1-12-9-17(28-27-12)24-18-16-7-8-32-19(16)26-20(25-18)23-13-10-14-5-6-15(11-13)29(14)21(30)31-22(2,3)4/h7-9,13-15H,5-6,10-11H2,1-4H3,(H3,23,24,25,26,27,28)/t13?,14-,15+. The Morgan fingerprint density at radius 3 is 2.66 bits per heavy atom. The number of piperidine rings is 1.